The molecule has 0 amide bonds. The number of hydrogen-bond acceptors (Lipinski definition) is 4. The molecule has 0 unspecified atom stereocenters. The minimum Gasteiger partial charge on any atom is -0.482 e. The van der Waals surface area contributed by atoms with Crippen molar-refractivity contribution in [2.45, 2.75) is 26.3 Å². The summed E-state index contributed by atoms with van der Waals surface area (Å²) in [5, 5.41) is 0. The number of aromatic nitrogens is 2. The summed E-state index contributed by atoms with van der Waals surface area (Å²) >= 11 is 0. The quantitative estimate of drug-likeness (QED) is 0.499. The van der Waals surface area contributed by atoms with E-state index in [1.54, 1.807) is 4.57 Å². The van der Waals surface area contributed by atoms with Crippen LogP contribution >= 0.6 is 0 Å². The number of fused-ring (bicyclic) bond motifs is 1. The molecule has 0 spiro atoms. The summed E-state index contributed by atoms with van der Waals surface area (Å²) in [7, 11) is 0. The van der Waals surface area contributed by atoms with Crippen LogP contribution in [0.2, 0.25) is 0 Å². The van der Waals surface area contributed by atoms with E-state index in [9.17, 15) is 9.59 Å². The lowest BCUT2D eigenvalue weighted by Crippen LogP contribution is -2.19. The number of aromatic amines is 1. The van der Waals surface area contributed by atoms with Gasteiger partial charge in [-0.15, -0.1) is 0 Å². The minimum atomic E-state index is -0.421. The van der Waals surface area contributed by atoms with Crippen molar-refractivity contribution >= 4 is 17.0 Å². The van der Waals surface area contributed by atoms with Crippen LogP contribution in [0.3, 0.4) is 0 Å². The average Bonchev–Trinajstić information content (AvgIpc) is 2.99. The first kappa shape index (κ1) is 17.8. The molecule has 6 heteroatoms. The maximum Gasteiger partial charge on any atom is 0.344 e. The molecular formula is C20H22N2O4. The highest BCUT2D eigenvalue weighted by Crippen LogP contribution is 2.12. The molecule has 0 aliphatic rings. The molecule has 0 saturated carbocycles. The summed E-state index contributed by atoms with van der Waals surface area (Å²) in [6, 6.07) is 15.1. The molecule has 3 rings (SSSR count). The van der Waals surface area contributed by atoms with E-state index in [1.165, 1.54) is 5.56 Å². The largest absolute Gasteiger partial charge is 0.482 e. The van der Waals surface area contributed by atoms with Gasteiger partial charge in [-0.05, 0) is 42.7 Å². The number of esters is 1. The lowest BCUT2D eigenvalue weighted by Gasteiger charge is -2.08. The summed E-state index contributed by atoms with van der Waals surface area (Å²) in [5.74, 6) is 0.223. The molecule has 136 valence electrons. The molecule has 0 fully saturated rings. The van der Waals surface area contributed by atoms with Gasteiger partial charge in [-0.3, -0.25) is 4.57 Å². The zero-order chi connectivity index (χ0) is 18.4. The first-order valence-electron chi connectivity index (χ1n) is 8.72. The van der Waals surface area contributed by atoms with Gasteiger partial charge in [0.15, 0.2) is 6.61 Å². The third-order valence-corrected chi connectivity index (χ3v) is 4.16. The molecule has 1 N–H and O–H groups in total. The average molecular weight is 354 g/mol. The van der Waals surface area contributed by atoms with Gasteiger partial charge in [0.2, 0.25) is 0 Å². The van der Waals surface area contributed by atoms with Crippen molar-refractivity contribution in [3.05, 3.63) is 64.6 Å². The second-order valence-electron chi connectivity index (χ2n) is 5.96. The number of benzene rings is 2. The first-order valence-corrected chi connectivity index (χ1v) is 8.72. The molecule has 26 heavy (non-hydrogen) atoms. The van der Waals surface area contributed by atoms with Crippen LogP contribution in [-0.2, 0) is 22.5 Å². The number of aryl methyl sites for hydroxylation is 2. The number of carbonyl (C=O) groups is 1. The molecule has 2 aromatic carbocycles. The Balaban J connectivity index is 1.42. The van der Waals surface area contributed by atoms with E-state index >= 15 is 0 Å². The van der Waals surface area contributed by atoms with Gasteiger partial charge in [0, 0.05) is 6.54 Å². The number of nitrogens with zero attached hydrogens (tertiary/aromatic N) is 1. The van der Waals surface area contributed by atoms with Gasteiger partial charge in [0.25, 0.3) is 0 Å². The van der Waals surface area contributed by atoms with E-state index in [-0.39, 0.29) is 18.9 Å². The monoisotopic (exact) mass is 354 g/mol. The highest BCUT2D eigenvalue weighted by Gasteiger charge is 2.07. The fraction of sp³-hybridized carbons (Fsp3) is 0.300. The SMILES string of the molecule is CCc1ccc(OCC(=O)OCCCn2c(=O)[nH]c3ccccc32)cc1. The molecule has 1 heterocycles. The number of nitrogens with one attached hydrogen (secondary N) is 1. The van der Waals surface area contributed by atoms with Crippen LogP contribution in [0.5, 0.6) is 5.75 Å². The standard InChI is InChI=1S/C20H22N2O4/c1-2-15-8-10-16(11-9-15)26-14-19(23)25-13-5-12-22-18-7-4-3-6-17(18)21-20(22)24/h3-4,6-11H,2,5,12-14H2,1H3,(H,21,24). The third-order valence-electron chi connectivity index (χ3n) is 4.16. The van der Waals surface area contributed by atoms with E-state index in [0.717, 1.165) is 17.5 Å². The lowest BCUT2D eigenvalue weighted by molar-refractivity contribution is -0.146. The van der Waals surface area contributed by atoms with Crippen LogP contribution in [0, 0.1) is 0 Å². The molecule has 0 aliphatic heterocycles. The molecule has 0 atom stereocenters. The molecule has 0 aliphatic carbocycles. The lowest BCUT2D eigenvalue weighted by atomic mass is 10.2. The van der Waals surface area contributed by atoms with Crippen molar-refractivity contribution in [1.29, 1.82) is 0 Å². The molecule has 0 saturated heterocycles. The van der Waals surface area contributed by atoms with Crippen molar-refractivity contribution < 1.29 is 14.3 Å². The van der Waals surface area contributed by atoms with Crippen molar-refractivity contribution in [3.63, 3.8) is 0 Å². The molecular weight excluding hydrogens is 332 g/mol. The van der Waals surface area contributed by atoms with Gasteiger partial charge in [0.1, 0.15) is 5.75 Å². The van der Waals surface area contributed by atoms with Crippen molar-refractivity contribution in [3.8, 4) is 5.75 Å². The maximum absolute atomic E-state index is 12.0. The molecule has 0 bridgehead atoms. The minimum absolute atomic E-state index is 0.126. The predicted molar refractivity (Wildman–Crippen MR) is 99.4 cm³/mol. The fourth-order valence-electron chi connectivity index (χ4n) is 2.74. The summed E-state index contributed by atoms with van der Waals surface area (Å²) in [6.07, 6.45) is 1.51. The van der Waals surface area contributed by atoms with Crippen molar-refractivity contribution in [2.24, 2.45) is 0 Å². The Hall–Kier alpha value is -3.02. The second-order valence-corrected chi connectivity index (χ2v) is 5.96. The van der Waals surface area contributed by atoms with E-state index in [4.69, 9.17) is 9.47 Å². The van der Waals surface area contributed by atoms with Gasteiger partial charge >= 0.3 is 11.7 Å². The Morgan fingerprint density at radius 1 is 1.12 bits per heavy atom. The number of carbonyl (C=O) groups excluding carboxylic acids is 1. The van der Waals surface area contributed by atoms with Crippen LogP contribution < -0.4 is 10.4 Å². The smallest absolute Gasteiger partial charge is 0.344 e. The fourth-order valence-corrected chi connectivity index (χ4v) is 2.74. The number of rotatable bonds is 8. The Labute approximate surface area is 151 Å². The third kappa shape index (κ3) is 4.33. The normalized spacial score (nSPS) is 10.8. The van der Waals surface area contributed by atoms with Crippen molar-refractivity contribution in [1.82, 2.24) is 9.55 Å². The predicted octanol–water partition coefficient (Wildman–Crippen LogP) is 2.90. The Kier molecular flexibility index (Phi) is 5.73. The van der Waals surface area contributed by atoms with Crippen LogP contribution in [-0.4, -0.2) is 28.7 Å². The van der Waals surface area contributed by atoms with E-state index in [2.05, 4.69) is 11.9 Å². The summed E-state index contributed by atoms with van der Waals surface area (Å²) < 4.78 is 12.2. The van der Waals surface area contributed by atoms with Crippen molar-refractivity contribution in [2.75, 3.05) is 13.2 Å². The number of H-pyrrole nitrogens is 1. The first-order chi connectivity index (χ1) is 12.7. The topological polar surface area (TPSA) is 73.3 Å². The zero-order valence-corrected chi connectivity index (χ0v) is 14.7. The van der Waals surface area contributed by atoms with E-state index in [0.29, 0.717) is 18.7 Å². The van der Waals surface area contributed by atoms with Crippen LogP contribution in [0.1, 0.15) is 18.9 Å². The Morgan fingerprint density at radius 3 is 2.65 bits per heavy atom. The van der Waals surface area contributed by atoms with Gasteiger partial charge in [0.05, 0.1) is 17.6 Å². The van der Waals surface area contributed by atoms with Gasteiger partial charge in [-0.1, -0.05) is 31.2 Å². The number of hydrogen-bond donors (Lipinski definition) is 1. The van der Waals surface area contributed by atoms with Crippen LogP contribution in [0.15, 0.2) is 53.3 Å². The summed E-state index contributed by atoms with van der Waals surface area (Å²) in [4.78, 5) is 26.5. The number of para-hydroxylation sites is 2. The molecule has 0 radical (unpaired) electrons. The Morgan fingerprint density at radius 2 is 1.88 bits per heavy atom. The second kappa shape index (κ2) is 8.38. The highest BCUT2D eigenvalue weighted by atomic mass is 16.6. The summed E-state index contributed by atoms with van der Waals surface area (Å²) in [5.41, 5.74) is 2.71. The van der Waals surface area contributed by atoms with Gasteiger partial charge in [-0.2, -0.15) is 0 Å². The molecule has 6 nitrogen and oxygen atoms in total. The van der Waals surface area contributed by atoms with Crippen LogP contribution in [0.25, 0.3) is 11.0 Å². The molecule has 1 aromatic heterocycles. The summed E-state index contributed by atoms with van der Waals surface area (Å²) in [6.45, 7) is 2.68. The Bertz CT molecular complexity index is 925. The zero-order valence-electron chi connectivity index (χ0n) is 14.7. The molecule has 3 aromatic rings. The maximum atomic E-state index is 12.0. The van der Waals surface area contributed by atoms with E-state index in [1.807, 2.05) is 48.5 Å². The van der Waals surface area contributed by atoms with Gasteiger partial charge < -0.3 is 14.5 Å². The number of imidazole rings is 1. The van der Waals surface area contributed by atoms with E-state index < -0.39 is 5.97 Å². The van der Waals surface area contributed by atoms with Gasteiger partial charge in [-0.25, -0.2) is 9.59 Å². The number of ether oxygens (including phenoxy) is 2. The highest BCUT2D eigenvalue weighted by molar-refractivity contribution is 5.74. The van der Waals surface area contributed by atoms with Crippen LogP contribution in [0.4, 0.5) is 0 Å².